The lowest BCUT2D eigenvalue weighted by atomic mass is 9.60. The number of piperazine rings is 1. The van der Waals surface area contributed by atoms with E-state index >= 15 is 0 Å². The van der Waals surface area contributed by atoms with E-state index in [1.165, 1.54) is 33.7 Å². The third-order valence-electron chi connectivity index (χ3n) is 15.9. The van der Waals surface area contributed by atoms with Gasteiger partial charge in [-0.05, 0) is 108 Å². The first-order chi connectivity index (χ1) is 36.3. The van der Waals surface area contributed by atoms with Gasteiger partial charge in [-0.1, -0.05) is 82.6 Å². The highest BCUT2D eigenvalue weighted by molar-refractivity contribution is 7.15. The first kappa shape index (κ1) is 58.4. The molecule has 7 heterocycles. The Kier molecular flexibility index (Phi) is 19.5. The fourth-order valence-electron chi connectivity index (χ4n) is 10.6. The minimum absolute atomic E-state index is 0.0455. The molecular weight excluding hydrogens is 1010 g/mol. The molecule has 76 heavy (non-hydrogen) atoms. The number of halogens is 1. The molecule has 4 fully saturated rings. The maximum absolute atomic E-state index is 13.8. The van der Waals surface area contributed by atoms with E-state index in [9.17, 15) is 19.2 Å². The van der Waals surface area contributed by atoms with Crippen LogP contribution < -0.4 is 10.6 Å². The van der Waals surface area contributed by atoms with E-state index in [2.05, 4.69) is 101 Å². The average Bonchev–Trinajstić information content (AvgIpc) is 4.21. The quantitative estimate of drug-likeness (QED) is 0.116. The number of aryl methyl sites for hydroxylation is 3. The molecule has 18 heteroatoms. The van der Waals surface area contributed by atoms with Crippen LogP contribution in [0.3, 0.4) is 0 Å². The Bertz CT molecular complexity index is 2800. The molecule has 4 amide bonds. The Morgan fingerprint density at radius 2 is 1.57 bits per heavy atom. The van der Waals surface area contributed by atoms with Gasteiger partial charge in [-0.2, -0.15) is 0 Å². The summed E-state index contributed by atoms with van der Waals surface area (Å²) in [5.41, 5.74) is 9.58. The van der Waals surface area contributed by atoms with Crippen LogP contribution in [0.25, 0.3) is 15.4 Å². The van der Waals surface area contributed by atoms with Crippen LogP contribution in [0.15, 0.2) is 59.0 Å². The lowest BCUT2D eigenvalue weighted by Gasteiger charge is -2.61. The molecule has 1 aliphatic carbocycles. The molecule has 2 N–H and O–H groups in total. The molecule has 3 saturated heterocycles. The van der Waals surface area contributed by atoms with Gasteiger partial charge in [0.2, 0.25) is 24.6 Å². The summed E-state index contributed by atoms with van der Waals surface area (Å²) < 4.78 is 2.11. The van der Waals surface area contributed by atoms with Crippen molar-refractivity contribution in [2.75, 3.05) is 52.4 Å². The second kappa shape index (κ2) is 25.4. The molecule has 4 atom stereocenters. The number of benzene rings is 2. The van der Waals surface area contributed by atoms with Gasteiger partial charge in [-0.15, -0.1) is 32.9 Å². The Balaban J connectivity index is 0.000000254. The van der Waals surface area contributed by atoms with E-state index in [0.29, 0.717) is 23.7 Å². The van der Waals surface area contributed by atoms with Crippen molar-refractivity contribution in [1.29, 1.82) is 0 Å². The van der Waals surface area contributed by atoms with Crippen molar-refractivity contribution in [2.45, 2.75) is 145 Å². The minimum atomic E-state index is -0.445. The van der Waals surface area contributed by atoms with Gasteiger partial charge in [0.15, 0.2) is 5.82 Å². The van der Waals surface area contributed by atoms with Crippen molar-refractivity contribution >= 4 is 64.6 Å². The van der Waals surface area contributed by atoms with E-state index in [-0.39, 0.29) is 41.1 Å². The average molecular weight is 1090 g/mol. The largest absolute Gasteiger partial charge is 0.352 e. The number of likely N-dealkylation sites (tertiary alicyclic amines) is 2. The van der Waals surface area contributed by atoms with E-state index in [1.807, 2.05) is 86.3 Å². The number of fused-ring (bicyclic) bond motifs is 3. The third-order valence-corrected chi connectivity index (χ3v) is 18.3. The highest BCUT2D eigenvalue weighted by atomic mass is 35.5. The fraction of sp³-hybridized carbons (Fsp3) is 0.552. The number of rotatable bonds is 12. The molecule has 4 aliphatic heterocycles. The number of amides is 4. The van der Waals surface area contributed by atoms with Crippen LogP contribution in [-0.2, 0) is 19.2 Å². The number of nitrogens with one attached hydrogen (secondary N) is 2. The molecule has 2 aromatic carbocycles. The van der Waals surface area contributed by atoms with Crippen molar-refractivity contribution < 1.29 is 19.2 Å². The molecule has 1 spiro atoms. The summed E-state index contributed by atoms with van der Waals surface area (Å²) in [7, 11) is 0. The van der Waals surface area contributed by atoms with Crippen LogP contribution in [0.2, 0.25) is 5.02 Å². The van der Waals surface area contributed by atoms with Gasteiger partial charge in [0.05, 0.1) is 40.8 Å². The molecule has 5 aromatic rings. The first-order valence-corrected chi connectivity index (χ1v) is 29.2. The molecular formula is C58H80ClN11O4S2. The minimum Gasteiger partial charge on any atom is -0.352 e. The molecule has 1 saturated carbocycles. The van der Waals surface area contributed by atoms with Crippen LogP contribution in [-0.4, -0.2) is 140 Å². The lowest BCUT2D eigenvalue weighted by molar-refractivity contribution is -0.159. The number of hydrogen-bond donors (Lipinski definition) is 2. The zero-order chi connectivity index (χ0) is 55.1. The SMILES string of the molecule is CC.CC1CCCN1C=O.Cc1ncsc1-c1ccc(C(C)NC=O)cc1.Cc1sc2c(c1C)C(c1ccc(Cl)cc1)=N[C@@H](CC(=O)N1CC3(CC(N4CCN(CC(=O)NC(C)C(C)(C)C)CC4)C3)C1)c1nnc(C)n1-2. The normalized spacial score (nSPS) is 19.8. The van der Waals surface area contributed by atoms with Gasteiger partial charge in [-0.3, -0.25) is 38.5 Å². The van der Waals surface area contributed by atoms with Gasteiger partial charge in [0.1, 0.15) is 16.9 Å². The molecule has 15 nitrogen and oxygen atoms in total. The number of carbonyl (C=O) groups excluding carboxylic acids is 4. The molecule has 410 valence electrons. The van der Waals surface area contributed by atoms with Crippen molar-refractivity contribution in [3.63, 3.8) is 0 Å². The topological polar surface area (TPSA) is 161 Å². The fourth-order valence-corrected chi connectivity index (χ4v) is 12.8. The standard InChI is InChI=1S/C37H49ClN8O2S.C13H14N2OS.C6H11NO.C2H6/c1-22-23(2)49-35-32(22)33(26-8-10-27(38)11-9-26)40-29(34-42-41-25(4)46(34)35)16-31(48)45-20-37(21-45)17-28(18-37)44-14-12-43(13-15-44)19-30(47)39-24(3)36(5,6)7;1-9(14-7-16)11-3-5-12(6-4-11)13-10(2)15-8-17-13;1-6-3-2-4-7(6)5-8;1-2/h8-11,24,28-29H,12-21H2,1-7H3,(H,39,47);3-9H,1-2H3,(H,14,16);5-6H,2-4H2,1H3;1-2H3/t24?,29-;;;/m0.../s1. The lowest BCUT2D eigenvalue weighted by Crippen LogP contribution is -2.68. The number of carbonyl (C=O) groups is 4. The van der Waals surface area contributed by atoms with Crippen LogP contribution in [0.4, 0.5) is 0 Å². The second-order valence-electron chi connectivity index (χ2n) is 22.1. The Hall–Kier alpha value is -5.33. The molecule has 0 radical (unpaired) electrons. The highest BCUT2D eigenvalue weighted by Crippen LogP contribution is 2.51. The van der Waals surface area contributed by atoms with Gasteiger partial charge in [-0.25, -0.2) is 4.98 Å². The van der Waals surface area contributed by atoms with E-state index < -0.39 is 6.04 Å². The summed E-state index contributed by atoms with van der Waals surface area (Å²) in [6, 6.07) is 16.8. The Morgan fingerprint density at radius 3 is 2.13 bits per heavy atom. The summed E-state index contributed by atoms with van der Waals surface area (Å²) >= 11 is 9.63. The van der Waals surface area contributed by atoms with Crippen LogP contribution in [0.1, 0.15) is 144 Å². The smallest absolute Gasteiger partial charge is 0.234 e. The summed E-state index contributed by atoms with van der Waals surface area (Å²) in [6.45, 7) is 31.7. The third kappa shape index (κ3) is 13.5. The second-order valence-corrected chi connectivity index (χ2v) is 24.6. The van der Waals surface area contributed by atoms with Crippen molar-refractivity contribution in [3.05, 3.63) is 104 Å². The number of nitrogens with zero attached hydrogens (tertiary/aromatic N) is 9. The summed E-state index contributed by atoms with van der Waals surface area (Å²) in [6.07, 6.45) is 6.55. The predicted molar refractivity (Wildman–Crippen MR) is 308 cm³/mol. The van der Waals surface area contributed by atoms with Gasteiger partial charge < -0.3 is 20.4 Å². The maximum Gasteiger partial charge on any atom is 0.234 e. The van der Waals surface area contributed by atoms with Crippen molar-refractivity contribution in [3.8, 4) is 15.4 Å². The highest BCUT2D eigenvalue weighted by Gasteiger charge is 2.55. The van der Waals surface area contributed by atoms with E-state index in [0.717, 1.165) is 116 Å². The Labute approximate surface area is 463 Å². The maximum atomic E-state index is 13.8. The van der Waals surface area contributed by atoms with Crippen LogP contribution in [0, 0.1) is 38.5 Å². The van der Waals surface area contributed by atoms with Crippen LogP contribution >= 0.6 is 34.3 Å². The number of hydrogen-bond acceptors (Lipinski definition) is 12. The van der Waals surface area contributed by atoms with Gasteiger partial charge in [0, 0.05) is 90.4 Å². The molecule has 5 aliphatic rings. The summed E-state index contributed by atoms with van der Waals surface area (Å²) in [4.78, 5) is 67.7. The molecule has 3 unspecified atom stereocenters. The van der Waals surface area contributed by atoms with Gasteiger partial charge in [0.25, 0.3) is 0 Å². The molecule has 0 bridgehead atoms. The van der Waals surface area contributed by atoms with Gasteiger partial charge >= 0.3 is 0 Å². The monoisotopic (exact) mass is 1090 g/mol. The molecule has 10 rings (SSSR count). The first-order valence-electron chi connectivity index (χ1n) is 27.1. The number of aliphatic imine (C=N–C) groups is 1. The van der Waals surface area contributed by atoms with E-state index in [1.54, 1.807) is 22.7 Å². The van der Waals surface area contributed by atoms with Crippen molar-refractivity contribution in [2.24, 2.45) is 15.8 Å². The zero-order valence-electron chi connectivity index (χ0n) is 46.8. The van der Waals surface area contributed by atoms with E-state index in [4.69, 9.17) is 16.6 Å². The molecule has 3 aromatic heterocycles. The number of thiophene rings is 1. The number of aromatic nitrogens is 4. The summed E-state index contributed by atoms with van der Waals surface area (Å²) in [5, 5.41) is 16.7. The summed E-state index contributed by atoms with van der Waals surface area (Å²) in [5.74, 6) is 1.75. The predicted octanol–water partition coefficient (Wildman–Crippen LogP) is 9.93. The Morgan fingerprint density at radius 1 is 0.908 bits per heavy atom. The number of thiazole rings is 1. The van der Waals surface area contributed by atoms with Crippen LogP contribution in [0.5, 0.6) is 0 Å². The van der Waals surface area contributed by atoms with Crippen molar-refractivity contribution in [1.82, 2.24) is 50.0 Å². The zero-order valence-corrected chi connectivity index (χ0v) is 49.2.